The number of para-hydroxylation sites is 1. The van der Waals surface area contributed by atoms with Crippen LogP contribution in [0.3, 0.4) is 0 Å². The van der Waals surface area contributed by atoms with Crippen LogP contribution in [0.1, 0.15) is 74.9 Å². The van der Waals surface area contributed by atoms with Crippen LogP contribution in [-0.2, 0) is 16.2 Å². The van der Waals surface area contributed by atoms with Gasteiger partial charge in [0, 0.05) is 49.6 Å². The highest BCUT2D eigenvalue weighted by molar-refractivity contribution is 6.15. The normalized spacial score (nSPS) is 15.4. The fourth-order valence-corrected chi connectivity index (χ4v) is 11.9. The van der Waals surface area contributed by atoms with E-state index < -0.39 is 0 Å². The maximum absolute atomic E-state index is 3.52. The van der Waals surface area contributed by atoms with Crippen molar-refractivity contribution in [2.45, 2.75) is 57.8 Å². The van der Waals surface area contributed by atoms with Gasteiger partial charge in [-0.3, -0.25) is 0 Å². The van der Waals surface area contributed by atoms with E-state index in [1.807, 2.05) is 6.07 Å². The second-order valence-electron chi connectivity index (χ2n) is 19.6. The lowest BCUT2D eigenvalue weighted by Crippen LogP contribution is -2.26. The first kappa shape index (κ1) is 36.3. The van der Waals surface area contributed by atoms with Gasteiger partial charge in [-0.2, -0.15) is 0 Å². The van der Waals surface area contributed by atoms with Gasteiger partial charge >= 0.3 is 0 Å². The van der Waals surface area contributed by atoms with Crippen LogP contribution in [0.4, 0.5) is 17.1 Å². The molecule has 9 aromatic carbocycles. The van der Waals surface area contributed by atoms with Gasteiger partial charge in [0.15, 0.2) is 0 Å². The van der Waals surface area contributed by atoms with Crippen molar-refractivity contribution < 1.29 is 0 Å². The van der Waals surface area contributed by atoms with E-state index in [1.54, 1.807) is 0 Å². The van der Waals surface area contributed by atoms with E-state index in [0.717, 1.165) is 22.6 Å². The molecule has 3 aliphatic rings. The summed E-state index contributed by atoms with van der Waals surface area (Å²) in [6.07, 6.45) is 0. The molecule has 1 aliphatic heterocycles. The van der Waals surface area contributed by atoms with E-state index >= 15 is 0 Å². The van der Waals surface area contributed by atoms with E-state index in [4.69, 9.17) is 0 Å². The molecule has 0 fully saturated rings. The Hall–Kier alpha value is -7.34. The number of anilines is 3. The summed E-state index contributed by atoms with van der Waals surface area (Å²) >= 11 is 0. The van der Waals surface area contributed by atoms with Crippen molar-refractivity contribution in [3.05, 3.63) is 215 Å². The van der Waals surface area contributed by atoms with E-state index in [2.05, 4.69) is 227 Å². The number of aromatic nitrogens is 1. The zero-order valence-electron chi connectivity index (χ0n) is 36.6. The van der Waals surface area contributed by atoms with Crippen molar-refractivity contribution in [2.75, 3.05) is 4.90 Å². The van der Waals surface area contributed by atoms with Gasteiger partial charge < -0.3 is 9.47 Å². The van der Waals surface area contributed by atoms with Crippen LogP contribution in [0.25, 0.3) is 71.6 Å². The van der Waals surface area contributed by atoms with Crippen molar-refractivity contribution >= 4 is 49.6 Å². The summed E-state index contributed by atoms with van der Waals surface area (Å²) in [5.74, 6) is 0. The molecule has 63 heavy (non-hydrogen) atoms. The third-order valence-corrected chi connectivity index (χ3v) is 15.2. The largest absolute Gasteiger partial charge is 0.310 e. The molecule has 2 heteroatoms. The molecular weight excluding hydrogens is 761 g/mol. The summed E-state index contributed by atoms with van der Waals surface area (Å²) in [6.45, 7) is 14.2. The fourth-order valence-electron chi connectivity index (χ4n) is 11.9. The van der Waals surface area contributed by atoms with Crippen LogP contribution in [0.15, 0.2) is 170 Å². The number of nitrogens with zero attached hydrogens (tertiary/aromatic N) is 2. The monoisotopic (exact) mass is 806 g/mol. The van der Waals surface area contributed by atoms with Crippen molar-refractivity contribution in [2.24, 2.45) is 0 Å². The highest BCUT2D eigenvalue weighted by Crippen LogP contribution is 2.54. The lowest BCUT2D eigenvalue weighted by Gasteiger charge is -2.35. The molecule has 0 N–H and O–H groups in total. The number of rotatable bonds is 4. The molecule has 1 aromatic heterocycles. The summed E-state index contributed by atoms with van der Waals surface area (Å²) in [5, 5.41) is 5.04. The minimum absolute atomic E-state index is 0.125. The number of hydrogen-bond donors (Lipinski definition) is 0. The molecule has 10 aromatic rings. The van der Waals surface area contributed by atoms with E-state index in [-0.39, 0.29) is 16.2 Å². The first-order chi connectivity index (χ1) is 30.5. The molecule has 0 saturated heterocycles. The van der Waals surface area contributed by atoms with Crippen molar-refractivity contribution in [3.8, 4) is 39.1 Å². The lowest BCUT2D eigenvalue weighted by atomic mass is 9.74. The van der Waals surface area contributed by atoms with Crippen molar-refractivity contribution in [3.63, 3.8) is 0 Å². The topological polar surface area (TPSA) is 8.17 Å². The summed E-state index contributed by atoms with van der Waals surface area (Å²) in [6, 6.07) is 70.8. The number of benzene rings is 8. The molecule has 0 spiro atoms. The fraction of sp³-hybridized carbons (Fsp3) is 0.148. The molecule has 2 nitrogen and oxygen atoms in total. The third kappa shape index (κ3) is 4.80. The van der Waals surface area contributed by atoms with Gasteiger partial charge in [-0.25, -0.2) is 0 Å². The minimum atomic E-state index is -0.216. The molecular formula is C61H46N2. The van der Waals surface area contributed by atoms with Crippen LogP contribution < -0.4 is 4.90 Å². The first-order valence-corrected chi connectivity index (χ1v) is 22.3. The smallest absolute Gasteiger partial charge is 0.0582 e. The van der Waals surface area contributed by atoms with Gasteiger partial charge in [-0.05, 0) is 145 Å². The molecule has 0 bridgehead atoms. The van der Waals surface area contributed by atoms with Crippen LogP contribution in [-0.4, -0.2) is 4.57 Å². The second-order valence-corrected chi connectivity index (χ2v) is 19.6. The minimum Gasteiger partial charge on any atom is -0.310 e. The van der Waals surface area contributed by atoms with Gasteiger partial charge in [0.25, 0.3) is 0 Å². The molecule has 0 amide bonds. The Labute approximate surface area is 369 Å². The van der Waals surface area contributed by atoms with Crippen LogP contribution in [0, 0.1) is 12.1 Å². The molecule has 2 aliphatic carbocycles. The first-order valence-electron chi connectivity index (χ1n) is 22.3. The van der Waals surface area contributed by atoms with Gasteiger partial charge in [0.1, 0.15) is 0 Å². The van der Waals surface area contributed by atoms with Gasteiger partial charge in [0.05, 0.1) is 16.7 Å². The van der Waals surface area contributed by atoms with Crippen LogP contribution in [0.5, 0.6) is 0 Å². The average molecular weight is 807 g/mol. The van der Waals surface area contributed by atoms with Crippen molar-refractivity contribution in [1.82, 2.24) is 4.57 Å². The zero-order valence-corrected chi connectivity index (χ0v) is 36.6. The molecule has 13 rings (SSSR count). The zero-order chi connectivity index (χ0) is 42.6. The Kier molecular flexibility index (Phi) is 7.15. The van der Waals surface area contributed by atoms with Gasteiger partial charge in [-0.15, -0.1) is 0 Å². The number of hydrogen-bond acceptors (Lipinski definition) is 1. The van der Waals surface area contributed by atoms with E-state index in [1.165, 1.54) is 99.5 Å². The van der Waals surface area contributed by atoms with Gasteiger partial charge in [0.2, 0.25) is 0 Å². The second kappa shape index (κ2) is 12.4. The lowest BCUT2D eigenvalue weighted by molar-refractivity contribution is 0.630. The number of fused-ring (bicyclic) bond motifs is 12. The predicted octanol–water partition coefficient (Wildman–Crippen LogP) is 15.9. The van der Waals surface area contributed by atoms with E-state index in [0.29, 0.717) is 0 Å². The molecule has 2 heterocycles. The van der Waals surface area contributed by atoms with Crippen LogP contribution in [0.2, 0.25) is 0 Å². The molecule has 0 atom stereocenters. The molecule has 0 radical (unpaired) electrons. The SMILES string of the molecule is CC1(C)c2ccc#cc2-c2cc(N(c3ccc4c(c3)C(C)(C)c3ccccc3-4)c3ccc4c(c3)c3cc(-c5cccc6ccccc56)cc5c3n4-c3ccccc3C5(C)C)ccc21. The Morgan fingerprint density at radius 1 is 0.429 bits per heavy atom. The maximum Gasteiger partial charge on any atom is 0.0582 e. The van der Waals surface area contributed by atoms with Crippen LogP contribution >= 0.6 is 0 Å². The summed E-state index contributed by atoms with van der Waals surface area (Å²) < 4.78 is 2.54. The molecule has 0 unspecified atom stereocenters. The van der Waals surface area contributed by atoms with Gasteiger partial charge in [-0.1, -0.05) is 151 Å². The summed E-state index contributed by atoms with van der Waals surface area (Å²) in [4.78, 5) is 2.49. The Morgan fingerprint density at radius 2 is 1.08 bits per heavy atom. The average Bonchev–Trinajstić information content (AvgIpc) is 3.84. The Bertz CT molecular complexity index is 3610. The molecule has 0 saturated carbocycles. The third-order valence-electron chi connectivity index (χ3n) is 15.2. The highest BCUT2D eigenvalue weighted by atomic mass is 15.1. The molecule has 300 valence electrons. The van der Waals surface area contributed by atoms with Crippen molar-refractivity contribution in [1.29, 1.82) is 0 Å². The Morgan fingerprint density at radius 3 is 1.97 bits per heavy atom. The highest BCUT2D eigenvalue weighted by Gasteiger charge is 2.39. The van der Waals surface area contributed by atoms with E-state index in [9.17, 15) is 0 Å². The Balaban J connectivity index is 1.09. The standard InChI is InChI=1S/C61H46N2/c1-59(2)51-23-12-10-20-45(51)47-34-39(27-30-52(47)59)62(41-26-29-46-44-19-9-11-22-50(44)60(3,4)54(46)36-41)40-28-31-56-48(35-40)49-32-38(43-21-15-17-37-16-7-8-18-42(37)43)33-55-58(49)63(56)57-25-14-13-24-53(57)61(55,5)6/h7-9,11-19,21-36H,1-6H3. The summed E-state index contributed by atoms with van der Waals surface area (Å²) in [5.41, 5.74) is 22.3. The maximum atomic E-state index is 3.52. The predicted molar refractivity (Wildman–Crippen MR) is 263 cm³/mol. The quantitative estimate of drug-likeness (QED) is 0.172. The summed E-state index contributed by atoms with van der Waals surface area (Å²) in [7, 11) is 0.